The molecule has 0 N–H and O–H groups in total. The lowest BCUT2D eigenvalue weighted by molar-refractivity contribution is 0.316. The number of benzene rings is 1. The van der Waals surface area contributed by atoms with E-state index < -0.39 is 0 Å². The van der Waals surface area contributed by atoms with Gasteiger partial charge in [-0.2, -0.15) is 0 Å². The van der Waals surface area contributed by atoms with E-state index in [1.165, 1.54) is 0 Å². The molecule has 1 aromatic rings. The van der Waals surface area contributed by atoms with E-state index in [1.54, 1.807) is 21.3 Å². The highest BCUT2D eigenvalue weighted by Gasteiger charge is 2.14. The third-order valence-electron chi connectivity index (χ3n) is 2.78. The van der Waals surface area contributed by atoms with Crippen LogP contribution in [0.2, 0.25) is 0 Å². The van der Waals surface area contributed by atoms with E-state index in [1.807, 2.05) is 12.1 Å². The first-order valence-corrected chi connectivity index (χ1v) is 5.63. The third kappa shape index (κ3) is 3.27. The van der Waals surface area contributed by atoms with Crippen molar-refractivity contribution < 1.29 is 14.2 Å². The van der Waals surface area contributed by atoms with E-state index in [9.17, 15) is 0 Å². The average molecular weight is 239 g/mol. The van der Waals surface area contributed by atoms with Gasteiger partial charge in [0.25, 0.3) is 0 Å². The molecule has 0 saturated heterocycles. The Bertz CT molecular complexity index is 341. The molecule has 0 fully saturated rings. The van der Waals surface area contributed by atoms with Gasteiger partial charge >= 0.3 is 0 Å². The van der Waals surface area contributed by atoms with Gasteiger partial charge in [0, 0.05) is 18.7 Å². The summed E-state index contributed by atoms with van der Waals surface area (Å²) >= 11 is 0. The fourth-order valence-corrected chi connectivity index (χ4v) is 1.62. The molecular formula is C13H21NO3. The zero-order valence-corrected chi connectivity index (χ0v) is 11.2. The summed E-state index contributed by atoms with van der Waals surface area (Å²) in [6.07, 6.45) is 0. The molecule has 0 bridgehead atoms. The summed E-state index contributed by atoms with van der Waals surface area (Å²) in [4.78, 5) is 2.19. The van der Waals surface area contributed by atoms with E-state index in [2.05, 4.69) is 18.9 Å². The molecular weight excluding hydrogens is 218 g/mol. The summed E-state index contributed by atoms with van der Waals surface area (Å²) in [5, 5.41) is 0. The van der Waals surface area contributed by atoms with Crippen molar-refractivity contribution >= 4 is 0 Å². The highest BCUT2D eigenvalue weighted by atomic mass is 16.5. The van der Waals surface area contributed by atoms with Gasteiger partial charge < -0.3 is 19.1 Å². The summed E-state index contributed by atoms with van der Waals surface area (Å²) in [5.74, 6) is 2.32. The van der Waals surface area contributed by atoms with Crippen molar-refractivity contribution in [1.29, 1.82) is 0 Å². The Labute approximate surface area is 103 Å². The van der Waals surface area contributed by atoms with Crippen LogP contribution in [0.25, 0.3) is 0 Å². The van der Waals surface area contributed by atoms with Crippen LogP contribution in [0, 0.1) is 0 Å². The highest BCUT2D eigenvalue weighted by Crippen LogP contribution is 2.34. The zero-order valence-electron chi connectivity index (χ0n) is 11.2. The van der Waals surface area contributed by atoms with E-state index >= 15 is 0 Å². The normalized spacial score (nSPS) is 10.5. The molecule has 0 heterocycles. The zero-order chi connectivity index (χ0) is 12.8. The van der Waals surface area contributed by atoms with Crippen LogP contribution in [0.3, 0.4) is 0 Å². The van der Waals surface area contributed by atoms with Crippen molar-refractivity contribution in [3.63, 3.8) is 0 Å². The SMILES string of the molecule is CCN(C)Cc1c(OC)cc(OC)cc1OC. The fourth-order valence-electron chi connectivity index (χ4n) is 1.62. The van der Waals surface area contributed by atoms with Crippen LogP contribution in [0.4, 0.5) is 0 Å². The van der Waals surface area contributed by atoms with E-state index in [4.69, 9.17) is 14.2 Å². The van der Waals surface area contributed by atoms with Crippen LogP contribution in [-0.4, -0.2) is 39.8 Å². The van der Waals surface area contributed by atoms with Gasteiger partial charge in [0.15, 0.2) is 0 Å². The van der Waals surface area contributed by atoms with Gasteiger partial charge in [-0.05, 0) is 13.6 Å². The van der Waals surface area contributed by atoms with Crippen LogP contribution in [-0.2, 0) is 6.54 Å². The fraction of sp³-hybridized carbons (Fsp3) is 0.538. The van der Waals surface area contributed by atoms with Gasteiger partial charge in [-0.25, -0.2) is 0 Å². The predicted molar refractivity (Wildman–Crippen MR) is 68.1 cm³/mol. The number of methoxy groups -OCH3 is 3. The molecule has 0 unspecified atom stereocenters. The first kappa shape index (κ1) is 13.6. The van der Waals surface area contributed by atoms with Crippen molar-refractivity contribution in [3.8, 4) is 17.2 Å². The quantitative estimate of drug-likeness (QED) is 0.761. The van der Waals surface area contributed by atoms with Gasteiger partial charge in [0.1, 0.15) is 17.2 Å². The van der Waals surface area contributed by atoms with Crippen LogP contribution >= 0.6 is 0 Å². The first-order chi connectivity index (χ1) is 8.15. The molecule has 0 aliphatic rings. The van der Waals surface area contributed by atoms with Crippen LogP contribution in [0.15, 0.2) is 12.1 Å². The Balaban J connectivity index is 3.15. The summed E-state index contributed by atoms with van der Waals surface area (Å²) in [6, 6.07) is 3.75. The van der Waals surface area contributed by atoms with E-state index in [0.29, 0.717) is 0 Å². The maximum absolute atomic E-state index is 5.39. The van der Waals surface area contributed by atoms with Crippen molar-refractivity contribution in [3.05, 3.63) is 17.7 Å². The molecule has 0 atom stereocenters. The standard InChI is InChI=1S/C13H21NO3/c1-6-14(2)9-11-12(16-4)7-10(15-3)8-13(11)17-5/h7-8H,6,9H2,1-5H3. The molecule has 0 amide bonds. The maximum Gasteiger partial charge on any atom is 0.130 e. The molecule has 1 rings (SSSR count). The third-order valence-corrected chi connectivity index (χ3v) is 2.78. The molecule has 0 aliphatic heterocycles. The second kappa shape index (κ2) is 6.35. The average Bonchev–Trinajstić information content (AvgIpc) is 2.38. The lowest BCUT2D eigenvalue weighted by atomic mass is 10.1. The number of hydrogen-bond donors (Lipinski definition) is 0. The summed E-state index contributed by atoms with van der Waals surface area (Å²) in [7, 11) is 7.00. The number of ether oxygens (including phenoxy) is 3. The Morgan fingerprint density at radius 2 is 1.53 bits per heavy atom. The van der Waals surface area contributed by atoms with Crippen LogP contribution in [0.1, 0.15) is 12.5 Å². The lowest BCUT2D eigenvalue weighted by Crippen LogP contribution is -2.17. The summed E-state index contributed by atoms with van der Waals surface area (Å²) in [5.41, 5.74) is 1.04. The Hall–Kier alpha value is -1.42. The van der Waals surface area contributed by atoms with Crippen LogP contribution < -0.4 is 14.2 Å². The number of nitrogens with zero attached hydrogens (tertiary/aromatic N) is 1. The largest absolute Gasteiger partial charge is 0.496 e. The topological polar surface area (TPSA) is 30.9 Å². The second-order valence-electron chi connectivity index (χ2n) is 3.84. The van der Waals surface area contributed by atoms with Crippen molar-refractivity contribution in [2.24, 2.45) is 0 Å². The maximum atomic E-state index is 5.39. The highest BCUT2D eigenvalue weighted by molar-refractivity contribution is 5.50. The second-order valence-corrected chi connectivity index (χ2v) is 3.84. The molecule has 4 nitrogen and oxygen atoms in total. The minimum absolute atomic E-state index is 0.738. The first-order valence-electron chi connectivity index (χ1n) is 5.63. The van der Waals surface area contributed by atoms with E-state index in [0.717, 1.165) is 35.9 Å². The lowest BCUT2D eigenvalue weighted by Gasteiger charge is -2.19. The molecule has 1 aromatic carbocycles. The molecule has 0 aromatic heterocycles. The minimum Gasteiger partial charge on any atom is -0.496 e. The summed E-state index contributed by atoms with van der Waals surface area (Å²) < 4.78 is 16.0. The predicted octanol–water partition coefficient (Wildman–Crippen LogP) is 2.16. The van der Waals surface area contributed by atoms with Crippen LogP contribution in [0.5, 0.6) is 17.2 Å². The molecule has 17 heavy (non-hydrogen) atoms. The van der Waals surface area contributed by atoms with Crippen molar-refractivity contribution in [2.45, 2.75) is 13.5 Å². The van der Waals surface area contributed by atoms with Gasteiger partial charge in [0.05, 0.1) is 26.9 Å². The molecule has 0 aliphatic carbocycles. The monoisotopic (exact) mass is 239 g/mol. The van der Waals surface area contributed by atoms with Crippen molar-refractivity contribution in [2.75, 3.05) is 34.9 Å². The molecule has 4 heteroatoms. The minimum atomic E-state index is 0.738. The Morgan fingerprint density at radius 3 is 1.88 bits per heavy atom. The van der Waals surface area contributed by atoms with Gasteiger partial charge in [-0.1, -0.05) is 6.92 Å². The smallest absolute Gasteiger partial charge is 0.130 e. The van der Waals surface area contributed by atoms with Gasteiger partial charge in [-0.15, -0.1) is 0 Å². The molecule has 0 radical (unpaired) electrons. The Morgan fingerprint density at radius 1 is 1.00 bits per heavy atom. The number of rotatable bonds is 6. The van der Waals surface area contributed by atoms with E-state index in [-0.39, 0.29) is 0 Å². The molecule has 96 valence electrons. The van der Waals surface area contributed by atoms with Gasteiger partial charge in [-0.3, -0.25) is 0 Å². The van der Waals surface area contributed by atoms with Gasteiger partial charge in [0.2, 0.25) is 0 Å². The van der Waals surface area contributed by atoms with Crippen molar-refractivity contribution in [1.82, 2.24) is 4.90 Å². The summed E-state index contributed by atoms with van der Waals surface area (Å²) in [6.45, 7) is 3.87. The molecule has 0 spiro atoms. The Kier molecular flexibility index (Phi) is 5.10. The number of hydrogen-bond acceptors (Lipinski definition) is 4. The molecule has 0 saturated carbocycles.